The van der Waals surface area contributed by atoms with Gasteiger partial charge in [-0.05, 0) is 18.2 Å². The number of hydrogen-bond donors (Lipinski definition) is 1. The summed E-state index contributed by atoms with van der Waals surface area (Å²) in [7, 11) is -4.24. The molecule has 0 aliphatic heterocycles. The Balaban J connectivity index is 0.00000144. The van der Waals surface area contributed by atoms with Gasteiger partial charge in [-0.2, -0.15) is 8.42 Å². The van der Waals surface area contributed by atoms with Crippen molar-refractivity contribution in [3.63, 3.8) is 0 Å². The maximum absolute atomic E-state index is 10.6. The van der Waals surface area contributed by atoms with Gasteiger partial charge in [0.25, 0.3) is 10.1 Å². The van der Waals surface area contributed by atoms with E-state index in [1.807, 2.05) is 0 Å². The van der Waals surface area contributed by atoms with Crippen LogP contribution in [0.4, 0.5) is 0 Å². The van der Waals surface area contributed by atoms with Crippen molar-refractivity contribution >= 4 is 84.7 Å². The first-order valence-electron chi connectivity index (χ1n) is 2.84. The maximum atomic E-state index is 10.6. The van der Waals surface area contributed by atoms with Gasteiger partial charge in [0.1, 0.15) is 4.90 Å². The Bertz CT molecular complexity index is 404. The monoisotopic (exact) mass is 266 g/mol. The molecule has 1 rings (SSSR count). The van der Waals surface area contributed by atoms with Crippen LogP contribution in [0.3, 0.4) is 0 Å². The minimum absolute atomic E-state index is 0. The van der Waals surface area contributed by atoms with E-state index in [9.17, 15) is 8.42 Å². The number of rotatable bonds is 1. The average Bonchev–Trinajstić information content (AvgIpc) is 1.83. The van der Waals surface area contributed by atoms with Crippen LogP contribution in [0.5, 0.6) is 0 Å². The molecule has 0 radical (unpaired) electrons. The summed E-state index contributed by atoms with van der Waals surface area (Å²) in [6, 6.07) is 3.71. The van der Waals surface area contributed by atoms with Crippen molar-refractivity contribution in [1.29, 1.82) is 0 Å². The first-order chi connectivity index (χ1) is 5.41. The third-order valence-electron chi connectivity index (χ3n) is 1.17. The molecule has 0 unspecified atom stereocenters. The summed E-state index contributed by atoms with van der Waals surface area (Å²) >= 11 is 11.0. The Morgan fingerprint density at radius 3 is 2.15 bits per heavy atom. The van der Waals surface area contributed by atoms with Gasteiger partial charge in [0.15, 0.2) is 0 Å². The van der Waals surface area contributed by atoms with Gasteiger partial charge in [-0.15, -0.1) is 0 Å². The van der Waals surface area contributed by atoms with Crippen molar-refractivity contribution in [3.05, 3.63) is 28.2 Å². The van der Waals surface area contributed by atoms with E-state index in [0.717, 1.165) is 6.07 Å². The van der Waals surface area contributed by atoms with Crippen molar-refractivity contribution in [2.75, 3.05) is 0 Å². The van der Waals surface area contributed by atoms with E-state index in [2.05, 4.69) is 0 Å². The second kappa shape index (κ2) is 5.44. The summed E-state index contributed by atoms with van der Waals surface area (Å²) in [6.07, 6.45) is 0. The summed E-state index contributed by atoms with van der Waals surface area (Å²) in [5, 5.41) is 0.220. The van der Waals surface area contributed by atoms with Crippen LogP contribution in [0, 0.1) is 0 Å². The van der Waals surface area contributed by atoms with Gasteiger partial charge >= 0.3 is 51.4 Å². The molecule has 7 heteroatoms. The third-order valence-corrected chi connectivity index (χ3v) is 2.74. The molecule has 0 aromatic heterocycles. The zero-order valence-electron chi connectivity index (χ0n) is 5.66. The van der Waals surface area contributed by atoms with Crippen molar-refractivity contribution < 1.29 is 13.0 Å². The molecule has 68 valence electrons. The molecular weight excluding hydrogens is 262 g/mol. The number of halogens is 2. The van der Waals surface area contributed by atoms with Crippen molar-refractivity contribution in [2.24, 2.45) is 0 Å². The van der Waals surface area contributed by atoms with Gasteiger partial charge in [-0.3, -0.25) is 4.55 Å². The van der Waals surface area contributed by atoms with Gasteiger partial charge in [-0.25, -0.2) is 0 Å². The quantitative estimate of drug-likeness (QED) is 0.621. The summed E-state index contributed by atoms with van der Waals surface area (Å²) in [5.41, 5.74) is 0. The van der Waals surface area contributed by atoms with Crippen LogP contribution in [0.1, 0.15) is 0 Å². The van der Waals surface area contributed by atoms with E-state index < -0.39 is 10.1 Å². The van der Waals surface area contributed by atoms with Gasteiger partial charge in [0, 0.05) is 5.02 Å². The van der Waals surface area contributed by atoms with E-state index in [1.165, 1.54) is 12.1 Å². The molecular formula is C6H5Cl2KO3S. The van der Waals surface area contributed by atoms with Crippen molar-refractivity contribution in [2.45, 2.75) is 4.90 Å². The molecule has 1 aromatic rings. The second-order valence-corrected chi connectivity index (χ2v) is 4.28. The van der Waals surface area contributed by atoms with Crippen LogP contribution in [0.15, 0.2) is 23.1 Å². The fourth-order valence-corrected chi connectivity index (χ4v) is 1.93. The standard InChI is InChI=1S/C6H4Cl2O3S.K.H/c7-4-1-2-6(5(8)3-4)12(9,10)11;;/h1-3H,(H,9,10,11);;. The molecule has 0 saturated heterocycles. The van der Waals surface area contributed by atoms with Crippen LogP contribution < -0.4 is 0 Å². The molecule has 13 heavy (non-hydrogen) atoms. The fraction of sp³-hybridized carbons (Fsp3) is 0. The molecule has 1 N–H and O–H groups in total. The predicted octanol–water partition coefficient (Wildman–Crippen LogP) is 1.59. The fourth-order valence-electron chi connectivity index (χ4n) is 0.684. The molecule has 0 aliphatic carbocycles. The molecule has 3 nitrogen and oxygen atoms in total. The number of hydrogen-bond acceptors (Lipinski definition) is 2. The molecule has 0 amide bonds. The van der Waals surface area contributed by atoms with E-state index in [0.29, 0.717) is 5.02 Å². The van der Waals surface area contributed by atoms with Crippen LogP contribution in [-0.2, 0) is 10.1 Å². The SMILES string of the molecule is O=S(=O)(O)c1ccc(Cl)cc1Cl.[KH]. The summed E-state index contributed by atoms with van der Waals surface area (Å²) in [6.45, 7) is 0. The molecule has 0 heterocycles. The van der Waals surface area contributed by atoms with Crippen LogP contribution in [0.2, 0.25) is 10.0 Å². The average molecular weight is 267 g/mol. The Labute approximate surface area is 129 Å². The van der Waals surface area contributed by atoms with E-state index in [4.69, 9.17) is 27.8 Å². The zero-order valence-corrected chi connectivity index (χ0v) is 7.99. The normalized spacial score (nSPS) is 10.7. The van der Waals surface area contributed by atoms with Crippen molar-refractivity contribution in [1.82, 2.24) is 0 Å². The van der Waals surface area contributed by atoms with E-state index >= 15 is 0 Å². The Kier molecular flexibility index (Phi) is 6.00. The minimum atomic E-state index is -4.24. The van der Waals surface area contributed by atoms with Gasteiger partial charge in [0.05, 0.1) is 5.02 Å². The van der Waals surface area contributed by atoms with E-state index in [1.54, 1.807) is 0 Å². The topological polar surface area (TPSA) is 54.4 Å². The molecule has 0 fully saturated rings. The van der Waals surface area contributed by atoms with Gasteiger partial charge in [-0.1, -0.05) is 23.2 Å². The van der Waals surface area contributed by atoms with E-state index in [-0.39, 0.29) is 61.3 Å². The van der Waals surface area contributed by atoms with Crippen molar-refractivity contribution in [3.8, 4) is 0 Å². The molecule has 0 atom stereocenters. The van der Waals surface area contributed by atoms with Crippen LogP contribution >= 0.6 is 23.2 Å². The van der Waals surface area contributed by atoms with Gasteiger partial charge in [0.2, 0.25) is 0 Å². The van der Waals surface area contributed by atoms with Gasteiger partial charge < -0.3 is 0 Å². The Morgan fingerprint density at radius 2 is 1.77 bits per heavy atom. The molecule has 0 spiro atoms. The van der Waals surface area contributed by atoms with Crippen LogP contribution in [-0.4, -0.2) is 64.4 Å². The first-order valence-corrected chi connectivity index (χ1v) is 5.03. The zero-order chi connectivity index (χ0) is 9.35. The summed E-state index contributed by atoms with van der Waals surface area (Å²) in [5.74, 6) is 0. The van der Waals surface area contributed by atoms with Crippen LogP contribution in [0.25, 0.3) is 0 Å². The molecule has 0 bridgehead atoms. The number of benzene rings is 1. The summed E-state index contributed by atoms with van der Waals surface area (Å²) < 4.78 is 29.8. The Hall–Kier alpha value is 1.35. The predicted molar refractivity (Wildman–Crippen MR) is 53.4 cm³/mol. The third kappa shape index (κ3) is 4.15. The molecule has 0 saturated carbocycles. The molecule has 0 aliphatic rings. The second-order valence-electron chi connectivity index (χ2n) is 2.05. The summed E-state index contributed by atoms with van der Waals surface area (Å²) in [4.78, 5) is -0.339. The first kappa shape index (κ1) is 14.3. The Morgan fingerprint density at radius 1 is 1.23 bits per heavy atom. The molecule has 1 aromatic carbocycles.